The molecule has 0 saturated carbocycles. The zero-order valence-electron chi connectivity index (χ0n) is 15.9. The Balaban J connectivity index is 1.50. The van der Waals surface area contributed by atoms with Crippen LogP contribution in [0.15, 0.2) is 66.9 Å². The average Bonchev–Trinajstić information content (AvgIpc) is 2.78. The molecule has 3 aromatic rings. The minimum atomic E-state index is 0.149. The Bertz CT molecular complexity index is 904. The van der Waals surface area contributed by atoms with Gasteiger partial charge in [-0.15, -0.1) is 0 Å². The number of nitrogens with one attached hydrogen (secondary N) is 1. The molecule has 0 amide bonds. The van der Waals surface area contributed by atoms with E-state index in [1.165, 1.54) is 5.56 Å². The van der Waals surface area contributed by atoms with Gasteiger partial charge in [0.2, 0.25) is 5.95 Å². The molecule has 1 saturated heterocycles. The third-order valence-corrected chi connectivity index (χ3v) is 4.83. The minimum absolute atomic E-state index is 0.149. The van der Waals surface area contributed by atoms with Crippen molar-refractivity contribution in [3.8, 4) is 5.75 Å². The number of rotatable bonds is 6. The summed E-state index contributed by atoms with van der Waals surface area (Å²) < 4.78 is 11.0. The van der Waals surface area contributed by atoms with Crippen molar-refractivity contribution in [1.82, 2.24) is 9.97 Å². The van der Waals surface area contributed by atoms with E-state index >= 15 is 0 Å². The van der Waals surface area contributed by atoms with Crippen LogP contribution >= 0.6 is 0 Å². The van der Waals surface area contributed by atoms with Crippen molar-refractivity contribution in [3.63, 3.8) is 0 Å². The average molecular weight is 376 g/mol. The first-order chi connectivity index (χ1) is 13.8. The molecule has 0 radical (unpaired) electrons. The summed E-state index contributed by atoms with van der Waals surface area (Å²) in [6.07, 6.45) is 1.80. The van der Waals surface area contributed by atoms with Crippen LogP contribution in [0, 0.1) is 0 Å². The molecular weight excluding hydrogens is 352 g/mol. The van der Waals surface area contributed by atoms with E-state index in [2.05, 4.69) is 39.5 Å². The van der Waals surface area contributed by atoms with E-state index in [1.54, 1.807) is 13.3 Å². The van der Waals surface area contributed by atoms with Crippen LogP contribution in [0.5, 0.6) is 5.75 Å². The third kappa shape index (κ3) is 4.23. The number of anilines is 2. The molecule has 1 N–H and O–H groups in total. The largest absolute Gasteiger partial charge is 0.497 e. The molecule has 2 aromatic carbocycles. The number of nitrogens with zero attached hydrogens (tertiary/aromatic N) is 3. The maximum Gasteiger partial charge on any atom is 0.224 e. The summed E-state index contributed by atoms with van der Waals surface area (Å²) in [5, 5.41) is 3.31. The Labute approximate surface area is 165 Å². The number of methoxy groups -OCH3 is 1. The van der Waals surface area contributed by atoms with E-state index in [9.17, 15) is 0 Å². The highest BCUT2D eigenvalue weighted by atomic mass is 16.5. The highest BCUT2D eigenvalue weighted by Gasteiger charge is 2.25. The third-order valence-electron chi connectivity index (χ3n) is 4.83. The van der Waals surface area contributed by atoms with Crippen molar-refractivity contribution in [1.29, 1.82) is 0 Å². The van der Waals surface area contributed by atoms with Gasteiger partial charge in [0.25, 0.3) is 0 Å². The fraction of sp³-hybridized carbons (Fsp3) is 0.273. The van der Waals surface area contributed by atoms with Gasteiger partial charge in [0.05, 0.1) is 26.4 Å². The summed E-state index contributed by atoms with van der Waals surface area (Å²) in [5.74, 6) is 2.35. The summed E-state index contributed by atoms with van der Waals surface area (Å²) in [5.41, 5.74) is 2.34. The lowest BCUT2D eigenvalue weighted by Gasteiger charge is -2.36. The molecule has 6 heteroatoms. The number of benzene rings is 2. The zero-order valence-corrected chi connectivity index (χ0v) is 15.9. The van der Waals surface area contributed by atoms with Crippen LogP contribution in [-0.4, -0.2) is 36.8 Å². The van der Waals surface area contributed by atoms with Crippen LogP contribution in [-0.2, 0) is 11.3 Å². The minimum Gasteiger partial charge on any atom is -0.497 e. The molecule has 2 heterocycles. The smallest absolute Gasteiger partial charge is 0.224 e. The molecule has 0 bridgehead atoms. The predicted molar refractivity (Wildman–Crippen MR) is 110 cm³/mol. The second kappa shape index (κ2) is 8.71. The van der Waals surface area contributed by atoms with Crippen LogP contribution in [0.1, 0.15) is 17.2 Å². The van der Waals surface area contributed by atoms with Gasteiger partial charge in [-0.05, 0) is 29.3 Å². The molecular formula is C22H24N4O2. The Morgan fingerprint density at radius 2 is 2.04 bits per heavy atom. The zero-order chi connectivity index (χ0) is 19.2. The first-order valence-corrected chi connectivity index (χ1v) is 9.42. The van der Waals surface area contributed by atoms with Gasteiger partial charge in [-0.3, -0.25) is 0 Å². The maximum absolute atomic E-state index is 5.73. The van der Waals surface area contributed by atoms with Gasteiger partial charge < -0.3 is 19.7 Å². The molecule has 1 aliphatic rings. The molecule has 1 aromatic heterocycles. The molecule has 4 rings (SSSR count). The van der Waals surface area contributed by atoms with Crippen molar-refractivity contribution in [3.05, 3.63) is 78.0 Å². The van der Waals surface area contributed by atoms with Crippen molar-refractivity contribution in [2.45, 2.75) is 12.6 Å². The second-order valence-corrected chi connectivity index (χ2v) is 6.64. The fourth-order valence-electron chi connectivity index (χ4n) is 3.39. The van der Waals surface area contributed by atoms with Crippen molar-refractivity contribution < 1.29 is 9.47 Å². The SMILES string of the molecule is COc1cccc(CNc2nccc(N3CCOC[C@@H]3c3ccccc3)n2)c1. The van der Waals surface area contributed by atoms with Gasteiger partial charge >= 0.3 is 0 Å². The van der Waals surface area contributed by atoms with Gasteiger partial charge in [0.1, 0.15) is 11.6 Å². The Morgan fingerprint density at radius 1 is 1.14 bits per heavy atom. The summed E-state index contributed by atoms with van der Waals surface area (Å²) in [7, 11) is 1.67. The molecule has 1 atom stereocenters. The molecule has 1 fully saturated rings. The first kappa shape index (κ1) is 18.3. The van der Waals surface area contributed by atoms with E-state index in [0.717, 1.165) is 23.7 Å². The fourth-order valence-corrected chi connectivity index (χ4v) is 3.39. The summed E-state index contributed by atoms with van der Waals surface area (Å²) in [4.78, 5) is 11.4. The lowest BCUT2D eigenvalue weighted by molar-refractivity contribution is 0.0937. The van der Waals surface area contributed by atoms with E-state index in [0.29, 0.717) is 25.7 Å². The van der Waals surface area contributed by atoms with Crippen molar-refractivity contribution in [2.75, 3.05) is 37.1 Å². The Kier molecular flexibility index (Phi) is 5.68. The van der Waals surface area contributed by atoms with Crippen LogP contribution in [0.3, 0.4) is 0 Å². The standard InChI is InChI=1S/C22H24N4O2/c1-27-19-9-5-6-17(14-19)15-24-22-23-11-10-21(25-22)26-12-13-28-16-20(26)18-7-3-2-4-8-18/h2-11,14,20H,12-13,15-16H2,1H3,(H,23,24,25)/t20-/m1/s1. The van der Waals surface area contributed by atoms with E-state index in [-0.39, 0.29) is 6.04 Å². The number of hydrogen-bond acceptors (Lipinski definition) is 6. The maximum atomic E-state index is 5.73. The normalized spacial score (nSPS) is 16.6. The van der Waals surface area contributed by atoms with Crippen LogP contribution in [0.4, 0.5) is 11.8 Å². The van der Waals surface area contributed by atoms with Gasteiger partial charge in [-0.2, -0.15) is 4.98 Å². The number of aromatic nitrogens is 2. The number of morpholine rings is 1. The van der Waals surface area contributed by atoms with Crippen LogP contribution in [0.2, 0.25) is 0 Å². The summed E-state index contributed by atoms with van der Waals surface area (Å²) in [6.45, 7) is 2.78. The van der Waals surface area contributed by atoms with Gasteiger partial charge in [-0.25, -0.2) is 4.98 Å². The first-order valence-electron chi connectivity index (χ1n) is 9.42. The summed E-state index contributed by atoms with van der Waals surface area (Å²) >= 11 is 0. The highest BCUT2D eigenvalue weighted by Crippen LogP contribution is 2.28. The number of hydrogen-bond donors (Lipinski definition) is 1. The molecule has 0 spiro atoms. The molecule has 28 heavy (non-hydrogen) atoms. The van der Waals surface area contributed by atoms with E-state index in [1.807, 2.05) is 36.4 Å². The molecule has 144 valence electrons. The predicted octanol–water partition coefficient (Wildman–Crippen LogP) is 3.68. The monoisotopic (exact) mass is 376 g/mol. The van der Waals surface area contributed by atoms with Gasteiger partial charge in [-0.1, -0.05) is 42.5 Å². The Hall–Kier alpha value is -3.12. The van der Waals surface area contributed by atoms with Gasteiger partial charge in [0.15, 0.2) is 0 Å². The van der Waals surface area contributed by atoms with E-state index in [4.69, 9.17) is 14.5 Å². The van der Waals surface area contributed by atoms with E-state index < -0.39 is 0 Å². The lowest BCUT2D eigenvalue weighted by atomic mass is 10.1. The summed E-state index contributed by atoms with van der Waals surface area (Å²) in [6, 6.07) is 20.5. The van der Waals surface area contributed by atoms with Gasteiger partial charge in [0, 0.05) is 19.3 Å². The van der Waals surface area contributed by atoms with Crippen LogP contribution in [0.25, 0.3) is 0 Å². The molecule has 0 unspecified atom stereocenters. The molecule has 0 aliphatic carbocycles. The van der Waals surface area contributed by atoms with Crippen molar-refractivity contribution in [2.24, 2.45) is 0 Å². The Morgan fingerprint density at radius 3 is 2.89 bits per heavy atom. The van der Waals surface area contributed by atoms with Crippen molar-refractivity contribution >= 4 is 11.8 Å². The molecule has 1 aliphatic heterocycles. The second-order valence-electron chi connectivity index (χ2n) is 6.64. The lowest BCUT2D eigenvalue weighted by Crippen LogP contribution is -2.40. The molecule has 6 nitrogen and oxygen atoms in total. The number of ether oxygens (including phenoxy) is 2. The quantitative estimate of drug-likeness (QED) is 0.708. The topological polar surface area (TPSA) is 59.5 Å². The highest BCUT2D eigenvalue weighted by molar-refractivity contribution is 5.46. The van der Waals surface area contributed by atoms with Crippen LogP contribution < -0.4 is 15.0 Å².